The zero-order valence-electron chi connectivity index (χ0n) is 20.7. The number of aliphatic hydroxyl groups excluding tert-OH is 1. The average molecular weight is 430 g/mol. The summed E-state index contributed by atoms with van der Waals surface area (Å²) >= 11 is 0. The zero-order valence-corrected chi connectivity index (χ0v) is 20.7. The van der Waals surface area contributed by atoms with E-state index in [0.29, 0.717) is 23.7 Å². The molecule has 4 aliphatic rings. The van der Waals surface area contributed by atoms with Crippen molar-refractivity contribution in [2.75, 3.05) is 0 Å². The number of allylic oxidation sites excluding steroid dienone is 1. The zero-order chi connectivity index (χ0) is 22.6. The standard InChI is InChI=1S/C28H47NO2/c1-17(2)7-6-8-18(3)22-11-12-23-21-10-9-19-15-20(30)16-25(26(29)31)28(19,5)24(21)13-14-27(22,23)4/h9,17-18,20-25,30H,6-8,10-16H2,1-5H3,(H2,29,31)/t18-,20-,21+,22-,23+,24+,25?,27-,28+/m1/s1. The molecule has 0 aromatic heterocycles. The predicted octanol–water partition coefficient (Wildman–Crippen LogP) is 6.10. The minimum absolute atomic E-state index is 0.143. The molecule has 176 valence electrons. The fourth-order valence-electron chi connectivity index (χ4n) is 9.17. The molecule has 1 amide bonds. The molecule has 3 nitrogen and oxygen atoms in total. The third-order valence-corrected chi connectivity index (χ3v) is 10.8. The van der Waals surface area contributed by atoms with Crippen LogP contribution in [-0.4, -0.2) is 17.1 Å². The molecule has 0 aromatic rings. The molecule has 4 rings (SSSR count). The van der Waals surface area contributed by atoms with Gasteiger partial charge < -0.3 is 10.8 Å². The molecule has 0 aromatic carbocycles. The topological polar surface area (TPSA) is 63.3 Å². The second-order valence-electron chi connectivity index (χ2n) is 12.7. The molecule has 0 bridgehead atoms. The summed E-state index contributed by atoms with van der Waals surface area (Å²) in [5.74, 6) is 4.06. The summed E-state index contributed by atoms with van der Waals surface area (Å²) in [5.41, 5.74) is 7.57. The van der Waals surface area contributed by atoms with Crippen LogP contribution in [-0.2, 0) is 4.79 Å². The molecule has 3 fully saturated rings. The number of hydrogen-bond donors (Lipinski definition) is 2. The maximum atomic E-state index is 12.5. The van der Waals surface area contributed by atoms with Gasteiger partial charge >= 0.3 is 0 Å². The molecule has 0 saturated heterocycles. The van der Waals surface area contributed by atoms with Crippen molar-refractivity contribution in [3.05, 3.63) is 11.6 Å². The number of aliphatic hydroxyl groups is 1. The Balaban J connectivity index is 1.56. The monoisotopic (exact) mass is 429 g/mol. The molecule has 31 heavy (non-hydrogen) atoms. The molecule has 3 heteroatoms. The predicted molar refractivity (Wildman–Crippen MR) is 127 cm³/mol. The van der Waals surface area contributed by atoms with E-state index in [1.165, 1.54) is 50.5 Å². The van der Waals surface area contributed by atoms with Crippen molar-refractivity contribution in [1.29, 1.82) is 0 Å². The highest BCUT2D eigenvalue weighted by molar-refractivity contribution is 5.78. The lowest BCUT2D eigenvalue weighted by molar-refractivity contribution is -0.135. The van der Waals surface area contributed by atoms with Crippen LogP contribution in [0.15, 0.2) is 11.6 Å². The van der Waals surface area contributed by atoms with Gasteiger partial charge in [-0.3, -0.25) is 4.79 Å². The van der Waals surface area contributed by atoms with Crippen LogP contribution in [0.3, 0.4) is 0 Å². The van der Waals surface area contributed by atoms with E-state index < -0.39 is 6.10 Å². The molecule has 3 saturated carbocycles. The largest absolute Gasteiger partial charge is 0.393 e. The van der Waals surface area contributed by atoms with E-state index in [1.807, 2.05) is 0 Å². The van der Waals surface area contributed by atoms with Crippen molar-refractivity contribution in [3.63, 3.8) is 0 Å². The Labute approximate surface area is 190 Å². The van der Waals surface area contributed by atoms with Crippen molar-refractivity contribution in [1.82, 2.24) is 0 Å². The molecule has 0 heterocycles. The van der Waals surface area contributed by atoms with E-state index in [2.05, 4.69) is 40.7 Å². The van der Waals surface area contributed by atoms with Gasteiger partial charge in [-0.2, -0.15) is 0 Å². The van der Waals surface area contributed by atoms with E-state index in [-0.39, 0.29) is 17.2 Å². The molecule has 4 aliphatic carbocycles. The minimum atomic E-state index is -0.412. The quantitative estimate of drug-likeness (QED) is 0.501. The summed E-state index contributed by atoms with van der Waals surface area (Å²) in [6.07, 6.45) is 13.8. The van der Waals surface area contributed by atoms with Crippen molar-refractivity contribution >= 4 is 5.91 Å². The first-order chi connectivity index (χ1) is 14.6. The summed E-state index contributed by atoms with van der Waals surface area (Å²) in [6, 6.07) is 0. The van der Waals surface area contributed by atoms with Gasteiger partial charge in [-0.1, -0.05) is 65.5 Å². The fraction of sp³-hybridized carbons (Fsp3) is 0.893. The molecule has 0 spiro atoms. The van der Waals surface area contributed by atoms with Crippen molar-refractivity contribution in [2.45, 2.75) is 105 Å². The van der Waals surface area contributed by atoms with Gasteiger partial charge in [0, 0.05) is 11.3 Å². The maximum Gasteiger partial charge on any atom is 0.221 e. The van der Waals surface area contributed by atoms with Crippen LogP contribution < -0.4 is 5.73 Å². The Morgan fingerprint density at radius 1 is 1.16 bits per heavy atom. The van der Waals surface area contributed by atoms with Crippen LogP contribution >= 0.6 is 0 Å². The van der Waals surface area contributed by atoms with E-state index >= 15 is 0 Å². The maximum absolute atomic E-state index is 12.5. The van der Waals surface area contributed by atoms with Crippen LogP contribution in [0.2, 0.25) is 0 Å². The summed E-state index contributed by atoms with van der Waals surface area (Å²) in [6.45, 7) is 12.1. The number of carbonyl (C=O) groups is 1. The Bertz CT molecular complexity index is 714. The van der Waals surface area contributed by atoms with Crippen molar-refractivity contribution in [3.8, 4) is 0 Å². The van der Waals surface area contributed by atoms with Crippen LogP contribution in [0.1, 0.15) is 98.8 Å². The second-order valence-corrected chi connectivity index (χ2v) is 12.7. The van der Waals surface area contributed by atoms with Crippen molar-refractivity contribution in [2.24, 2.45) is 58.0 Å². The number of amides is 1. The lowest BCUT2D eigenvalue weighted by Gasteiger charge is -2.60. The Hall–Kier alpha value is -0.830. The molecule has 0 aliphatic heterocycles. The van der Waals surface area contributed by atoms with Gasteiger partial charge in [0.25, 0.3) is 0 Å². The highest BCUT2D eigenvalue weighted by Gasteiger charge is 2.61. The summed E-state index contributed by atoms with van der Waals surface area (Å²) in [4.78, 5) is 12.5. The second kappa shape index (κ2) is 8.50. The van der Waals surface area contributed by atoms with Crippen LogP contribution in [0.5, 0.6) is 0 Å². The Morgan fingerprint density at radius 2 is 1.90 bits per heavy atom. The minimum Gasteiger partial charge on any atom is -0.393 e. The number of carbonyl (C=O) groups excluding carboxylic acids is 1. The van der Waals surface area contributed by atoms with Crippen molar-refractivity contribution < 1.29 is 9.90 Å². The van der Waals surface area contributed by atoms with Gasteiger partial charge in [-0.25, -0.2) is 0 Å². The first-order valence-corrected chi connectivity index (χ1v) is 13.3. The smallest absolute Gasteiger partial charge is 0.221 e. The summed E-state index contributed by atoms with van der Waals surface area (Å²) < 4.78 is 0. The van der Waals surface area contributed by atoms with Gasteiger partial charge in [0.15, 0.2) is 0 Å². The lowest BCUT2D eigenvalue weighted by Crippen LogP contribution is -2.56. The van der Waals surface area contributed by atoms with Crippen LogP contribution in [0.25, 0.3) is 0 Å². The number of rotatable bonds is 6. The van der Waals surface area contributed by atoms with Gasteiger partial charge in [0.1, 0.15) is 0 Å². The highest BCUT2D eigenvalue weighted by Crippen LogP contribution is 2.68. The number of primary amides is 1. The van der Waals surface area contributed by atoms with Gasteiger partial charge in [0.05, 0.1) is 6.10 Å². The van der Waals surface area contributed by atoms with Gasteiger partial charge in [-0.15, -0.1) is 0 Å². The Morgan fingerprint density at radius 3 is 2.58 bits per heavy atom. The van der Waals surface area contributed by atoms with E-state index in [9.17, 15) is 9.90 Å². The first-order valence-electron chi connectivity index (χ1n) is 13.3. The molecule has 1 unspecified atom stereocenters. The third kappa shape index (κ3) is 3.81. The van der Waals surface area contributed by atoms with Crippen LogP contribution in [0.4, 0.5) is 0 Å². The molecule has 0 radical (unpaired) electrons. The van der Waals surface area contributed by atoms with Crippen LogP contribution in [0, 0.1) is 52.3 Å². The number of nitrogens with two attached hydrogens (primary N) is 1. The fourth-order valence-corrected chi connectivity index (χ4v) is 9.17. The summed E-state index contributed by atoms with van der Waals surface area (Å²) in [7, 11) is 0. The first kappa shape index (κ1) is 23.3. The van der Waals surface area contributed by atoms with E-state index in [0.717, 1.165) is 36.5 Å². The SMILES string of the molecule is CC(C)CCC[C@@H](C)[C@H]1CC[C@H]2[C@@H]3CC=C4C[C@@H](O)CC(C(N)=O)[C@]4(C)[C@H]3CC[C@]12C. The van der Waals surface area contributed by atoms with E-state index in [1.54, 1.807) is 0 Å². The number of hydrogen-bond acceptors (Lipinski definition) is 2. The molecular weight excluding hydrogens is 382 g/mol. The Kier molecular flexibility index (Phi) is 6.40. The van der Waals surface area contributed by atoms with Gasteiger partial charge in [0.2, 0.25) is 5.91 Å². The lowest BCUT2D eigenvalue weighted by atomic mass is 9.44. The third-order valence-electron chi connectivity index (χ3n) is 10.8. The average Bonchev–Trinajstić information content (AvgIpc) is 3.04. The highest BCUT2D eigenvalue weighted by atomic mass is 16.3. The normalized spacial score (nSPS) is 45.5. The number of fused-ring (bicyclic) bond motifs is 5. The van der Waals surface area contributed by atoms with E-state index in [4.69, 9.17) is 5.73 Å². The molecule has 9 atom stereocenters. The molecule has 3 N–H and O–H groups in total. The molecular formula is C28H47NO2. The summed E-state index contributed by atoms with van der Waals surface area (Å²) in [5, 5.41) is 10.4. The van der Waals surface area contributed by atoms with Gasteiger partial charge in [-0.05, 0) is 85.9 Å².